The minimum Gasteiger partial charge on any atom is -0.466 e. The smallest absolute Gasteiger partial charge is 0.105 e. The average molecular weight is 278 g/mol. The van der Waals surface area contributed by atoms with E-state index in [0.29, 0.717) is 12.1 Å². The maximum absolute atomic E-state index is 5.65. The van der Waals surface area contributed by atoms with Crippen LogP contribution in [0.4, 0.5) is 0 Å². The Labute approximate surface area is 123 Å². The van der Waals surface area contributed by atoms with Crippen LogP contribution in [0.5, 0.6) is 0 Å². The van der Waals surface area contributed by atoms with Gasteiger partial charge in [0.2, 0.25) is 0 Å². The Bertz CT molecular complexity index is 413. The van der Waals surface area contributed by atoms with Gasteiger partial charge in [-0.15, -0.1) is 0 Å². The lowest BCUT2D eigenvalue weighted by molar-refractivity contribution is 0.281. The monoisotopic (exact) mass is 278 g/mol. The van der Waals surface area contributed by atoms with Gasteiger partial charge in [-0.25, -0.2) is 0 Å². The summed E-state index contributed by atoms with van der Waals surface area (Å²) in [7, 11) is 0. The highest BCUT2D eigenvalue weighted by Gasteiger charge is 2.20. The molecule has 3 nitrogen and oxygen atoms in total. The van der Waals surface area contributed by atoms with Crippen LogP contribution in [0.3, 0.4) is 0 Å². The van der Waals surface area contributed by atoms with Gasteiger partial charge in [-0.2, -0.15) is 0 Å². The van der Waals surface area contributed by atoms with Crippen molar-refractivity contribution in [1.82, 2.24) is 10.2 Å². The Morgan fingerprint density at radius 3 is 2.80 bits per heavy atom. The molecule has 0 amide bonds. The third kappa shape index (κ3) is 4.10. The highest BCUT2D eigenvalue weighted by Crippen LogP contribution is 2.23. The van der Waals surface area contributed by atoms with Crippen molar-refractivity contribution < 1.29 is 4.42 Å². The second-order valence-corrected chi connectivity index (χ2v) is 6.23. The van der Waals surface area contributed by atoms with Crippen molar-refractivity contribution in [3.05, 3.63) is 23.2 Å². The fraction of sp³-hybridized carbons (Fsp3) is 0.765. The first-order valence-electron chi connectivity index (χ1n) is 8.15. The van der Waals surface area contributed by atoms with Crippen LogP contribution in [0.2, 0.25) is 0 Å². The quantitative estimate of drug-likeness (QED) is 0.887. The molecule has 0 radical (unpaired) electrons. The molecular formula is C17H30N2O. The van der Waals surface area contributed by atoms with E-state index < -0.39 is 0 Å². The summed E-state index contributed by atoms with van der Waals surface area (Å²) in [6, 6.07) is 3.20. The minimum absolute atomic E-state index is 0.384. The van der Waals surface area contributed by atoms with Crippen molar-refractivity contribution in [2.24, 2.45) is 0 Å². The molecule has 1 aliphatic heterocycles. The standard InChI is InChI=1S/C17H30N2O/c1-5-9-19-10-6-7-16(8-11-19)18-14(3)17-12-13(2)20-15(17)4/h12,14,16,18H,5-11H2,1-4H3. The molecule has 1 aromatic heterocycles. The summed E-state index contributed by atoms with van der Waals surface area (Å²) in [5, 5.41) is 3.81. The second-order valence-electron chi connectivity index (χ2n) is 6.23. The van der Waals surface area contributed by atoms with Gasteiger partial charge >= 0.3 is 0 Å². The number of furan rings is 1. The first kappa shape index (κ1) is 15.6. The Hall–Kier alpha value is -0.800. The van der Waals surface area contributed by atoms with Crippen LogP contribution in [0.15, 0.2) is 10.5 Å². The van der Waals surface area contributed by atoms with E-state index in [1.165, 1.54) is 50.9 Å². The van der Waals surface area contributed by atoms with E-state index in [9.17, 15) is 0 Å². The highest BCUT2D eigenvalue weighted by atomic mass is 16.3. The van der Waals surface area contributed by atoms with E-state index >= 15 is 0 Å². The van der Waals surface area contributed by atoms with Crippen molar-refractivity contribution in [1.29, 1.82) is 0 Å². The molecule has 1 aliphatic rings. The van der Waals surface area contributed by atoms with Crippen LogP contribution >= 0.6 is 0 Å². The predicted octanol–water partition coefficient (Wildman–Crippen LogP) is 3.81. The van der Waals surface area contributed by atoms with Gasteiger partial charge in [0.05, 0.1) is 0 Å². The van der Waals surface area contributed by atoms with Gasteiger partial charge in [0, 0.05) is 17.6 Å². The molecule has 20 heavy (non-hydrogen) atoms. The largest absolute Gasteiger partial charge is 0.466 e. The molecule has 1 saturated heterocycles. The maximum Gasteiger partial charge on any atom is 0.105 e. The first-order valence-corrected chi connectivity index (χ1v) is 8.15. The fourth-order valence-corrected chi connectivity index (χ4v) is 3.39. The number of hydrogen-bond donors (Lipinski definition) is 1. The molecule has 3 heteroatoms. The molecule has 1 aromatic rings. The molecule has 114 valence electrons. The molecule has 0 bridgehead atoms. The molecule has 0 spiro atoms. The Morgan fingerprint density at radius 1 is 1.35 bits per heavy atom. The van der Waals surface area contributed by atoms with E-state index in [2.05, 4.69) is 37.1 Å². The number of nitrogens with zero attached hydrogens (tertiary/aromatic N) is 1. The van der Waals surface area contributed by atoms with Crippen molar-refractivity contribution in [2.75, 3.05) is 19.6 Å². The van der Waals surface area contributed by atoms with E-state index in [1.54, 1.807) is 0 Å². The number of rotatable bonds is 5. The van der Waals surface area contributed by atoms with Crippen molar-refractivity contribution in [2.45, 2.75) is 65.5 Å². The van der Waals surface area contributed by atoms with Crippen LogP contribution in [0.1, 0.15) is 62.7 Å². The van der Waals surface area contributed by atoms with Gasteiger partial charge in [0.25, 0.3) is 0 Å². The van der Waals surface area contributed by atoms with Crippen LogP contribution < -0.4 is 5.32 Å². The zero-order valence-corrected chi connectivity index (χ0v) is 13.5. The molecule has 2 heterocycles. The Morgan fingerprint density at radius 2 is 2.15 bits per heavy atom. The van der Waals surface area contributed by atoms with E-state index in [4.69, 9.17) is 4.42 Å². The van der Waals surface area contributed by atoms with Gasteiger partial charge in [0.1, 0.15) is 11.5 Å². The number of hydrogen-bond acceptors (Lipinski definition) is 3. The second kappa shape index (κ2) is 7.28. The predicted molar refractivity (Wildman–Crippen MR) is 84.1 cm³/mol. The highest BCUT2D eigenvalue weighted by molar-refractivity contribution is 5.23. The lowest BCUT2D eigenvalue weighted by Crippen LogP contribution is -2.33. The summed E-state index contributed by atoms with van der Waals surface area (Å²) in [6.45, 7) is 12.4. The van der Waals surface area contributed by atoms with Crippen LogP contribution in [0.25, 0.3) is 0 Å². The summed E-state index contributed by atoms with van der Waals surface area (Å²) < 4.78 is 5.65. The van der Waals surface area contributed by atoms with E-state index in [-0.39, 0.29) is 0 Å². The maximum atomic E-state index is 5.65. The van der Waals surface area contributed by atoms with Crippen molar-refractivity contribution >= 4 is 0 Å². The van der Waals surface area contributed by atoms with Gasteiger partial charge in [-0.05, 0) is 72.2 Å². The third-order valence-corrected chi connectivity index (χ3v) is 4.39. The molecule has 0 saturated carbocycles. The number of aryl methyl sites for hydroxylation is 2. The summed E-state index contributed by atoms with van der Waals surface area (Å²) in [6.07, 6.45) is 5.14. The third-order valence-electron chi connectivity index (χ3n) is 4.39. The SMILES string of the molecule is CCCN1CCCC(NC(C)c2cc(C)oc2C)CC1. The molecule has 0 aliphatic carbocycles. The fourth-order valence-electron chi connectivity index (χ4n) is 3.39. The van der Waals surface area contributed by atoms with Crippen molar-refractivity contribution in [3.63, 3.8) is 0 Å². The lowest BCUT2D eigenvalue weighted by atomic mass is 10.0. The van der Waals surface area contributed by atoms with Gasteiger partial charge < -0.3 is 14.6 Å². The van der Waals surface area contributed by atoms with E-state index in [1.807, 2.05) is 6.92 Å². The van der Waals surface area contributed by atoms with Gasteiger partial charge in [0.15, 0.2) is 0 Å². The minimum atomic E-state index is 0.384. The lowest BCUT2D eigenvalue weighted by Gasteiger charge is -2.22. The molecular weight excluding hydrogens is 248 g/mol. The molecule has 2 atom stereocenters. The Kier molecular flexibility index (Phi) is 5.67. The zero-order valence-electron chi connectivity index (χ0n) is 13.5. The molecule has 1 fully saturated rings. The van der Waals surface area contributed by atoms with Gasteiger partial charge in [-0.3, -0.25) is 0 Å². The zero-order chi connectivity index (χ0) is 14.5. The topological polar surface area (TPSA) is 28.4 Å². The molecule has 2 unspecified atom stereocenters. The van der Waals surface area contributed by atoms with Crippen molar-refractivity contribution in [3.8, 4) is 0 Å². The van der Waals surface area contributed by atoms with Gasteiger partial charge in [-0.1, -0.05) is 6.92 Å². The summed E-state index contributed by atoms with van der Waals surface area (Å²) in [5.41, 5.74) is 1.32. The summed E-state index contributed by atoms with van der Waals surface area (Å²) >= 11 is 0. The normalized spacial score (nSPS) is 22.7. The van der Waals surface area contributed by atoms with Crippen LogP contribution in [0, 0.1) is 13.8 Å². The number of nitrogens with one attached hydrogen (secondary N) is 1. The van der Waals surface area contributed by atoms with Crippen LogP contribution in [-0.4, -0.2) is 30.6 Å². The van der Waals surface area contributed by atoms with E-state index in [0.717, 1.165) is 11.5 Å². The molecule has 0 aromatic carbocycles. The molecule has 1 N–H and O–H groups in total. The van der Waals surface area contributed by atoms with Crippen LogP contribution in [-0.2, 0) is 0 Å². The summed E-state index contributed by atoms with van der Waals surface area (Å²) in [4.78, 5) is 2.61. The average Bonchev–Trinajstić information content (AvgIpc) is 2.60. The molecule has 2 rings (SSSR count). The first-order chi connectivity index (χ1) is 9.60. The summed E-state index contributed by atoms with van der Waals surface area (Å²) in [5.74, 6) is 2.07. The Balaban J connectivity index is 1.88. The number of likely N-dealkylation sites (tertiary alicyclic amines) is 1.